The highest BCUT2D eigenvalue weighted by molar-refractivity contribution is 7.93. The Morgan fingerprint density at radius 2 is 2.44 bits per heavy atom. The maximum Gasteiger partial charge on any atom is 0.221 e. The van der Waals surface area contributed by atoms with Gasteiger partial charge in [-0.2, -0.15) is 4.98 Å². The van der Waals surface area contributed by atoms with Crippen molar-refractivity contribution in [1.82, 2.24) is 14.9 Å². The van der Waals surface area contributed by atoms with Crippen LogP contribution in [0.4, 0.5) is 0 Å². The van der Waals surface area contributed by atoms with Gasteiger partial charge in [-0.1, -0.05) is 24.3 Å². The van der Waals surface area contributed by atoms with Crippen molar-refractivity contribution < 1.29 is 12.9 Å². The molecule has 0 bridgehead atoms. The van der Waals surface area contributed by atoms with Gasteiger partial charge < -0.3 is 10.3 Å². The summed E-state index contributed by atoms with van der Waals surface area (Å²) >= 11 is 4.69. The Bertz CT molecular complexity index is 442. The lowest BCUT2D eigenvalue weighted by atomic mass is 10.3. The second kappa shape index (κ2) is 5.32. The van der Waals surface area contributed by atoms with Gasteiger partial charge in [0.2, 0.25) is 16.4 Å². The molecule has 1 rings (SSSR count). The number of hydrogen-bond acceptors (Lipinski definition) is 6. The summed E-state index contributed by atoms with van der Waals surface area (Å²) in [4.78, 5) is 3.63. The molecule has 3 N–H and O–H groups in total. The first kappa shape index (κ1) is 13.0. The van der Waals surface area contributed by atoms with E-state index < -0.39 is 15.3 Å². The second-order valence-corrected chi connectivity index (χ2v) is 5.43. The molecule has 0 amide bonds. The minimum Gasteiger partial charge on any atom is -0.392 e. The van der Waals surface area contributed by atoms with Gasteiger partial charge in [0.15, 0.2) is 5.82 Å². The first-order chi connectivity index (χ1) is 7.47. The molecule has 0 saturated carbocycles. The molecule has 1 atom stereocenters. The van der Waals surface area contributed by atoms with Crippen LogP contribution in [0.25, 0.3) is 0 Å². The van der Waals surface area contributed by atoms with E-state index in [9.17, 15) is 8.42 Å². The third-order valence-electron chi connectivity index (χ3n) is 1.90. The van der Waals surface area contributed by atoms with Crippen molar-refractivity contribution in [3.63, 3.8) is 0 Å². The quantitative estimate of drug-likeness (QED) is 0.669. The van der Waals surface area contributed by atoms with E-state index in [-0.39, 0.29) is 17.4 Å². The van der Waals surface area contributed by atoms with Gasteiger partial charge in [0.25, 0.3) is 0 Å². The lowest BCUT2D eigenvalue weighted by molar-refractivity contribution is 0.409. The summed E-state index contributed by atoms with van der Waals surface area (Å²) in [7, 11) is -3.59. The summed E-state index contributed by atoms with van der Waals surface area (Å²) in [6.45, 7) is 1.65. The number of sulfonamides is 1. The summed E-state index contributed by atoms with van der Waals surface area (Å²) in [5.74, 6) is 0.251. The number of nitrogens with zero attached hydrogens (tertiary/aromatic N) is 2. The molecule has 0 spiro atoms. The van der Waals surface area contributed by atoms with Crippen LogP contribution >= 0.6 is 12.2 Å². The monoisotopic (exact) mass is 264 g/mol. The van der Waals surface area contributed by atoms with E-state index in [4.69, 9.17) is 5.73 Å². The topological polar surface area (TPSA) is 111 Å². The van der Waals surface area contributed by atoms with Crippen molar-refractivity contribution in [3.8, 4) is 0 Å². The molecule has 0 aromatic carbocycles. The molecule has 0 aliphatic carbocycles. The van der Waals surface area contributed by atoms with Crippen LogP contribution in [-0.2, 0) is 16.6 Å². The maximum absolute atomic E-state index is 11.7. The highest BCUT2D eigenvalue weighted by Crippen LogP contribution is 2.05. The van der Waals surface area contributed by atoms with Crippen molar-refractivity contribution in [1.29, 1.82) is 0 Å². The lowest BCUT2D eigenvalue weighted by Gasteiger charge is -2.14. The fourth-order valence-electron chi connectivity index (χ4n) is 1.11. The van der Waals surface area contributed by atoms with Crippen molar-refractivity contribution in [2.75, 3.05) is 0 Å². The van der Waals surface area contributed by atoms with Gasteiger partial charge in [-0.15, -0.1) is 0 Å². The van der Waals surface area contributed by atoms with Crippen molar-refractivity contribution in [2.45, 2.75) is 25.1 Å². The van der Waals surface area contributed by atoms with Crippen LogP contribution < -0.4 is 10.5 Å². The molecular formula is C7H12N4O3S2. The molecule has 16 heavy (non-hydrogen) atoms. The predicted octanol–water partition coefficient (Wildman–Crippen LogP) is -0.446. The molecule has 0 fully saturated rings. The molecule has 0 radical (unpaired) electrons. The van der Waals surface area contributed by atoms with Gasteiger partial charge in [0.05, 0.1) is 11.5 Å². The fraction of sp³-hybridized carbons (Fsp3) is 0.571. The Kier molecular flexibility index (Phi) is 4.33. The molecule has 1 heterocycles. The number of nitrogens with two attached hydrogens (primary N) is 1. The van der Waals surface area contributed by atoms with E-state index in [1.54, 1.807) is 6.92 Å². The van der Waals surface area contributed by atoms with Gasteiger partial charge in [-0.25, -0.2) is 13.1 Å². The van der Waals surface area contributed by atoms with Crippen LogP contribution in [0, 0.1) is 0 Å². The van der Waals surface area contributed by atoms with Crippen LogP contribution in [0.3, 0.4) is 0 Å². The van der Waals surface area contributed by atoms with Gasteiger partial charge in [-0.3, -0.25) is 0 Å². The van der Waals surface area contributed by atoms with Gasteiger partial charge >= 0.3 is 0 Å². The van der Waals surface area contributed by atoms with E-state index in [1.807, 2.05) is 0 Å². The SMILES string of the molecule is CCC(C(N)=S)S(=O)(=O)NCc1ncon1. The number of thiocarbonyl (C=S) groups is 1. The summed E-state index contributed by atoms with van der Waals surface area (Å²) in [5.41, 5.74) is 5.34. The zero-order chi connectivity index (χ0) is 12.2. The zero-order valence-corrected chi connectivity index (χ0v) is 10.2. The van der Waals surface area contributed by atoms with Crippen LogP contribution in [-0.4, -0.2) is 28.8 Å². The van der Waals surface area contributed by atoms with Crippen molar-refractivity contribution >= 4 is 27.2 Å². The molecule has 9 heteroatoms. The number of aromatic nitrogens is 2. The van der Waals surface area contributed by atoms with Gasteiger partial charge in [0, 0.05) is 0 Å². The fourth-order valence-corrected chi connectivity index (χ4v) is 2.93. The van der Waals surface area contributed by atoms with Crippen LogP contribution in [0.15, 0.2) is 10.9 Å². The third kappa shape index (κ3) is 3.22. The first-order valence-electron chi connectivity index (χ1n) is 4.50. The van der Waals surface area contributed by atoms with Crippen molar-refractivity contribution in [3.05, 3.63) is 12.2 Å². The van der Waals surface area contributed by atoms with E-state index in [0.717, 1.165) is 6.39 Å². The summed E-state index contributed by atoms with van der Waals surface area (Å²) in [6, 6.07) is 0. The Morgan fingerprint density at radius 1 is 1.75 bits per heavy atom. The highest BCUT2D eigenvalue weighted by Gasteiger charge is 2.26. The molecule has 1 aromatic rings. The molecule has 0 aliphatic rings. The normalized spacial score (nSPS) is 13.6. The standard InChI is InChI=1S/C7H12N4O3S2/c1-2-5(7(8)15)16(12,13)10-3-6-9-4-14-11-6/h4-5,10H,2-3H2,1H3,(H2,8,15). The zero-order valence-electron chi connectivity index (χ0n) is 8.58. The number of rotatable bonds is 6. The van der Waals surface area contributed by atoms with E-state index in [1.165, 1.54) is 0 Å². The molecular weight excluding hydrogens is 252 g/mol. The number of hydrogen-bond donors (Lipinski definition) is 2. The van der Waals surface area contributed by atoms with Gasteiger partial charge in [-0.05, 0) is 6.42 Å². The number of nitrogens with one attached hydrogen (secondary N) is 1. The molecule has 1 aromatic heterocycles. The summed E-state index contributed by atoms with van der Waals surface area (Å²) in [5, 5.41) is 2.59. The average molecular weight is 264 g/mol. The largest absolute Gasteiger partial charge is 0.392 e. The molecule has 0 saturated heterocycles. The highest BCUT2D eigenvalue weighted by atomic mass is 32.2. The lowest BCUT2D eigenvalue weighted by Crippen LogP contribution is -2.41. The third-order valence-corrected chi connectivity index (χ3v) is 4.22. The minimum absolute atomic E-state index is 0.0437. The summed E-state index contributed by atoms with van der Waals surface area (Å²) in [6.07, 6.45) is 1.44. The summed E-state index contributed by atoms with van der Waals surface area (Å²) < 4.78 is 30.2. The van der Waals surface area contributed by atoms with Crippen LogP contribution in [0.2, 0.25) is 0 Å². The van der Waals surface area contributed by atoms with E-state index in [0.29, 0.717) is 6.42 Å². The van der Waals surface area contributed by atoms with Crippen LogP contribution in [0.1, 0.15) is 19.2 Å². The Balaban J connectivity index is 2.67. The molecule has 90 valence electrons. The maximum atomic E-state index is 11.7. The van der Waals surface area contributed by atoms with Gasteiger partial charge in [0.1, 0.15) is 5.25 Å². The van der Waals surface area contributed by atoms with E-state index >= 15 is 0 Å². The van der Waals surface area contributed by atoms with E-state index in [2.05, 4.69) is 31.6 Å². The smallest absolute Gasteiger partial charge is 0.221 e. The molecule has 0 aliphatic heterocycles. The van der Waals surface area contributed by atoms with Crippen molar-refractivity contribution in [2.24, 2.45) is 5.73 Å². The second-order valence-electron chi connectivity index (χ2n) is 3.01. The first-order valence-corrected chi connectivity index (χ1v) is 6.46. The Hall–Kier alpha value is -1.06. The Labute approximate surface area is 98.5 Å². The molecule has 1 unspecified atom stereocenters. The predicted molar refractivity (Wildman–Crippen MR) is 60.9 cm³/mol. The minimum atomic E-state index is -3.59. The average Bonchev–Trinajstić information content (AvgIpc) is 2.67. The Morgan fingerprint density at radius 3 is 2.88 bits per heavy atom. The molecule has 7 nitrogen and oxygen atoms in total. The van der Waals surface area contributed by atoms with Crippen LogP contribution in [0.5, 0.6) is 0 Å².